The van der Waals surface area contributed by atoms with Crippen LogP contribution in [0.4, 0.5) is 0 Å². The van der Waals surface area contributed by atoms with E-state index in [9.17, 15) is 0 Å². The third kappa shape index (κ3) is 1.52. The molecule has 0 amide bonds. The molecule has 11 heavy (non-hydrogen) atoms. The van der Waals surface area contributed by atoms with Crippen molar-refractivity contribution in [2.75, 3.05) is 0 Å². The molecule has 0 aromatic heterocycles. The van der Waals surface area contributed by atoms with Crippen LogP contribution >= 0.6 is 0 Å². The number of ether oxygens (including phenoxy) is 1. The highest BCUT2D eigenvalue weighted by atomic mass is 28.3. The van der Waals surface area contributed by atoms with Crippen LogP contribution in [0.5, 0.6) is 0 Å². The van der Waals surface area contributed by atoms with Gasteiger partial charge in [0.25, 0.3) is 0 Å². The van der Waals surface area contributed by atoms with Crippen LogP contribution in [0.25, 0.3) is 0 Å². The highest BCUT2D eigenvalue weighted by molar-refractivity contribution is 6.81. The van der Waals surface area contributed by atoms with Crippen LogP contribution in [0.1, 0.15) is 27.7 Å². The minimum Gasteiger partial charge on any atom is -0.374 e. The molecule has 0 aromatic carbocycles. The molecule has 1 fully saturated rings. The van der Waals surface area contributed by atoms with E-state index in [2.05, 4.69) is 27.7 Å². The van der Waals surface area contributed by atoms with Crippen molar-refractivity contribution in [2.45, 2.75) is 57.7 Å². The lowest BCUT2D eigenvalue weighted by molar-refractivity contribution is 0.405. The fraction of sp³-hybridized carbons (Fsp3) is 1.00. The molecule has 2 heteroatoms. The Hall–Kier alpha value is 0.177. The Morgan fingerprint density at radius 2 is 1.45 bits per heavy atom. The average molecular weight is 172 g/mol. The molecule has 0 radical (unpaired) electrons. The SMILES string of the molecule is CC[Si](CC)(CC)C1OC1C. The Balaban J connectivity index is 2.57. The fourth-order valence-electron chi connectivity index (χ4n) is 2.18. The second kappa shape index (κ2) is 3.28. The van der Waals surface area contributed by atoms with Gasteiger partial charge in [-0.05, 0) is 6.92 Å². The monoisotopic (exact) mass is 172 g/mol. The number of rotatable bonds is 4. The van der Waals surface area contributed by atoms with Gasteiger partial charge in [0.05, 0.1) is 19.9 Å². The summed E-state index contributed by atoms with van der Waals surface area (Å²) >= 11 is 0. The summed E-state index contributed by atoms with van der Waals surface area (Å²) in [6.07, 6.45) is 0.585. The molecule has 66 valence electrons. The zero-order chi connectivity index (χ0) is 8.48. The van der Waals surface area contributed by atoms with E-state index < -0.39 is 8.07 Å². The van der Waals surface area contributed by atoms with E-state index in [1.165, 1.54) is 18.1 Å². The fourth-order valence-corrected chi connectivity index (χ4v) is 6.39. The topological polar surface area (TPSA) is 12.5 Å². The summed E-state index contributed by atoms with van der Waals surface area (Å²) in [5.41, 5.74) is 0.697. The lowest BCUT2D eigenvalue weighted by Crippen LogP contribution is -2.39. The van der Waals surface area contributed by atoms with Crippen molar-refractivity contribution in [3.63, 3.8) is 0 Å². The summed E-state index contributed by atoms with van der Waals surface area (Å²) in [5.74, 6) is 0. The Labute approximate surface area is 71.1 Å². The molecular weight excluding hydrogens is 152 g/mol. The van der Waals surface area contributed by atoms with E-state index in [-0.39, 0.29) is 0 Å². The van der Waals surface area contributed by atoms with E-state index in [0.29, 0.717) is 11.8 Å². The molecule has 1 nitrogen and oxygen atoms in total. The molecule has 0 aliphatic carbocycles. The summed E-state index contributed by atoms with van der Waals surface area (Å²) in [6, 6.07) is 4.19. The third-order valence-electron chi connectivity index (χ3n) is 3.43. The van der Waals surface area contributed by atoms with Gasteiger partial charge in [0.15, 0.2) is 0 Å². The Morgan fingerprint density at radius 3 is 1.55 bits per heavy atom. The van der Waals surface area contributed by atoms with Crippen molar-refractivity contribution in [3.05, 3.63) is 0 Å². The normalized spacial score (nSPS) is 30.5. The van der Waals surface area contributed by atoms with Crippen molar-refractivity contribution in [1.82, 2.24) is 0 Å². The van der Waals surface area contributed by atoms with Crippen molar-refractivity contribution in [2.24, 2.45) is 0 Å². The van der Waals surface area contributed by atoms with Gasteiger partial charge in [-0.25, -0.2) is 0 Å². The maximum Gasteiger partial charge on any atom is 0.0902 e. The predicted octanol–water partition coefficient (Wildman–Crippen LogP) is 2.82. The lowest BCUT2D eigenvalue weighted by Gasteiger charge is -2.25. The first-order chi connectivity index (χ1) is 5.20. The van der Waals surface area contributed by atoms with Gasteiger partial charge in [-0.3, -0.25) is 0 Å². The molecule has 1 heterocycles. The van der Waals surface area contributed by atoms with Crippen LogP contribution in [0.3, 0.4) is 0 Å². The van der Waals surface area contributed by atoms with Crippen LogP contribution in [0.15, 0.2) is 0 Å². The summed E-state index contributed by atoms with van der Waals surface area (Å²) < 4.78 is 5.62. The third-order valence-corrected chi connectivity index (χ3v) is 9.46. The second-order valence-electron chi connectivity index (χ2n) is 3.68. The first-order valence-electron chi connectivity index (χ1n) is 4.85. The molecule has 2 atom stereocenters. The molecule has 0 aromatic rings. The van der Waals surface area contributed by atoms with Crippen molar-refractivity contribution in [3.8, 4) is 0 Å². The van der Waals surface area contributed by atoms with Gasteiger partial charge in [0.1, 0.15) is 0 Å². The Bertz CT molecular complexity index is 123. The van der Waals surface area contributed by atoms with Gasteiger partial charge < -0.3 is 4.74 Å². The second-order valence-corrected chi connectivity index (χ2v) is 9.10. The van der Waals surface area contributed by atoms with Gasteiger partial charge in [0, 0.05) is 0 Å². The van der Waals surface area contributed by atoms with Crippen LogP contribution in [0.2, 0.25) is 18.1 Å². The van der Waals surface area contributed by atoms with E-state index in [4.69, 9.17) is 4.74 Å². The molecule has 0 spiro atoms. The first-order valence-corrected chi connectivity index (χ1v) is 7.55. The minimum absolute atomic E-state index is 0.585. The first kappa shape index (κ1) is 9.27. The maximum absolute atomic E-state index is 5.62. The molecule has 0 bridgehead atoms. The van der Waals surface area contributed by atoms with Gasteiger partial charge >= 0.3 is 0 Å². The highest BCUT2D eigenvalue weighted by Gasteiger charge is 2.50. The van der Waals surface area contributed by atoms with Gasteiger partial charge in [-0.15, -0.1) is 0 Å². The van der Waals surface area contributed by atoms with E-state index in [1.807, 2.05) is 0 Å². The van der Waals surface area contributed by atoms with Crippen molar-refractivity contribution >= 4 is 8.07 Å². The summed E-state index contributed by atoms with van der Waals surface area (Å²) in [7, 11) is -0.969. The maximum atomic E-state index is 5.62. The van der Waals surface area contributed by atoms with Crippen LogP contribution in [-0.2, 0) is 4.74 Å². The molecule has 0 N–H and O–H groups in total. The number of hydrogen-bond donors (Lipinski definition) is 0. The van der Waals surface area contributed by atoms with Crippen LogP contribution < -0.4 is 0 Å². The zero-order valence-electron chi connectivity index (χ0n) is 8.18. The summed E-state index contributed by atoms with van der Waals surface area (Å²) in [6.45, 7) is 9.24. The Morgan fingerprint density at radius 1 is 1.09 bits per heavy atom. The van der Waals surface area contributed by atoms with E-state index in [1.54, 1.807) is 0 Å². The summed E-state index contributed by atoms with van der Waals surface area (Å²) in [5, 5.41) is 0. The predicted molar refractivity (Wildman–Crippen MR) is 51.5 cm³/mol. The lowest BCUT2D eigenvalue weighted by atomic mass is 10.6. The summed E-state index contributed by atoms with van der Waals surface area (Å²) in [4.78, 5) is 0. The largest absolute Gasteiger partial charge is 0.374 e. The molecule has 1 aliphatic heterocycles. The number of hydrogen-bond acceptors (Lipinski definition) is 1. The molecule has 1 rings (SSSR count). The quantitative estimate of drug-likeness (QED) is 0.469. The standard InChI is InChI=1S/C9H20OSi/c1-5-11(6-2,7-3)9-8(4)10-9/h8-9H,5-7H2,1-4H3. The zero-order valence-corrected chi connectivity index (χ0v) is 9.18. The molecule has 1 saturated heterocycles. The van der Waals surface area contributed by atoms with Crippen molar-refractivity contribution in [1.29, 1.82) is 0 Å². The molecule has 1 aliphatic rings. The Kier molecular flexibility index (Phi) is 2.76. The minimum atomic E-state index is -0.969. The van der Waals surface area contributed by atoms with E-state index >= 15 is 0 Å². The number of epoxide rings is 1. The molecule has 2 unspecified atom stereocenters. The van der Waals surface area contributed by atoms with Crippen molar-refractivity contribution < 1.29 is 4.74 Å². The van der Waals surface area contributed by atoms with Crippen LogP contribution in [0, 0.1) is 0 Å². The van der Waals surface area contributed by atoms with Gasteiger partial charge in [-0.2, -0.15) is 0 Å². The van der Waals surface area contributed by atoms with Gasteiger partial charge in [-0.1, -0.05) is 38.9 Å². The highest BCUT2D eigenvalue weighted by Crippen LogP contribution is 2.38. The smallest absolute Gasteiger partial charge is 0.0902 e. The average Bonchev–Trinajstić information content (AvgIpc) is 2.73. The molecular formula is C9H20OSi. The van der Waals surface area contributed by atoms with E-state index in [0.717, 1.165) is 0 Å². The van der Waals surface area contributed by atoms with Crippen LogP contribution in [-0.4, -0.2) is 19.9 Å². The molecule has 0 saturated carbocycles. The van der Waals surface area contributed by atoms with Gasteiger partial charge in [0.2, 0.25) is 0 Å².